The number of benzene rings is 1. The van der Waals surface area contributed by atoms with Crippen molar-refractivity contribution < 1.29 is 13.2 Å². The number of fused-ring (bicyclic) bond motifs is 1. The van der Waals surface area contributed by atoms with Crippen molar-refractivity contribution >= 4 is 0 Å². The minimum absolute atomic E-state index is 0.0380. The van der Waals surface area contributed by atoms with Crippen LogP contribution in [0.1, 0.15) is 47.9 Å². The van der Waals surface area contributed by atoms with E-state index in [1.807, 2.05) is 6.92 Å². The van der Waals surface area contributed by atoms with E-state index >= 15 is 0 Å². The average Bonchev–Trinajstić information content (AvgIpc) is 2.89. The van der Waals surface area contributed by atoms with Gasteiger partial charge in [0.25, 0.3) is 0 Å². The van der Waals surface area contributed by atoms with Crippen molar-refractivity contribution in [3.05, 3.63) is 59.2 Å². The van der Waals surface area contributed by atoms with Crippen LogP contribution in [0.5, 0.6) is 0 Å². The molecule has 2 aromatic rings. The molecule has 116 valence electrons. The molecule has 6 heteroatoms. The zero-order chi connectivity index (χ0) is 15.7. The maximum Gasteiger partial charge on any atom is 0.416 e. The third-order valence-electron chi connectivity index (χ3n) is 3.97. The average molecular weight is 307 g/mol. The topological polar surface area (TPSA) is 37.8 Å². The molecule has 1 aliphatic carbocycles. The van der Waals surface area contributed by atoms with Crippen LogP contribution >= 0.6 is 0 Å². The highest BCUT2D eigenvalue weighted by Crippen LogP contribution is 2.37. The summed E-state index contributed by atoms with van der Waals surface area (Å²) in [5.74, 6) is 0.683. The van der Waals surface area contributed by atoms with Gasteiger partial charge in [-0.1, -0.05) is 6.07 Å². The van der Waals surface area contributed by atoms with E-state index < -0.39 is 11.7 Å². The molecule has 1 aromatic carbocycles. The molecule has 22 heavy (non-hydrogen) atoms. The predicted octanol–water partition coefficient (Wildman–Crippen LogP) is 3.83. The molecule has 0 radical (unpaired) electrons. The van der Waals surface area contributed by atoms with Gasteiger partial charge in [0.15, 0.2) is 0 Å². The number of hydrogen-bond donors (Lipinski definition) is 1. The summed E-state index contributed by atoms with van der Waals surface area (Å²) in [4.78, 5) is 8.40. The Morgan fingerprint density at radius 1 is 1.23 bits per heavy atom. The van der Waals surface area contributed by atoms with Gasteiger partial charge in [0.1, 0.15) is 5.82 Å². The van der Waals surface area contributed by atoms with Crippen LogP contribution in [0.2, 0.25) is 0 Å². The number of aromatic nitrogens is 2. The van der Waals surface area contributed by atoms with Crippen LogP contribution in [-0.4, -0.2) is 9.97 Å². The van der Waals surface area contributed by atoms with E-state index in [2.05, 4.69) is 15.3 Å². The molecule has 0 unspecified atom stereocenters. The molecule has 0 spiro atoms. The fraction of sp³-hybridized carbons (Fsp3) is 0.375. The first-order chi connectivity index (χ1) is 10.4. The number of aryl methyl sites for hydroxylation is 1. The number of alkyl halides is 3. The molecule has 0 saturated heterocycles. The van der Waals surface area contributed by atoms with Crippen LogP contribution in [0.3, 0.4) is 0 Å². The lowest BCUT2D eigenvalue weighted by Crippen LogP contribution is -2.24. The molecule has 1 heterocycles. The van der Waals surface area contributed by atoms with E-state index in [9.17, 15) is 13.2 Å². The Kier molecular flexibility index (Phi) is 3.87. The second-order valence-corrected chi connectivity index (χ2v) is 5.50. The monoisotopic (exact) mass is 307 g/mol. The third-order valence-corrected chi connectivity index (χ3v) is 3.97. The molecule has 3 rings (SSSR count). The van der Waals surface area contributed by atoms with Gasteiger partial charge in [0, 0.05) is 18.4 Å². The lowest BCUT2D eigenvalue weighted by molar-refractivity contribution is -0.137. The molecule has 1 aromatic heterocycles. The van der Waals surface area contributed by atoms with Crippen molar-refractivity contribution in [2.75, 3.05) is 0 Å². The van der Waals surface area contributed by atoms with Gasteiger partial charge in [-0.25, -0.2) is 9.97 Å². The first kappa shape index (κ1) is 15.0. The second-order valence-electron chi connectivity index (χ2n) is 5.50. The smallest absolute Gasteiger partial charge is 0.301 e. The molecule has 3 nitrogen and oxygen atoms in total. The summed E-state index contributed by atoms with van der Waals surface area (Å²) in [6.45, 7) is 1.96. The third kappa shape index (κ3) is 2.97. The van der Waals surface area contributed by atoms with Gasteiger partial charge in [-0.3, -0.25) is 0 Å². The molecule has 2 atom stereocenters. The number of rotatable bonds is 3. The van der Waals surface area contributed by atoms with Crippen molar-refractivity contribution in [1.29, 1.82) is 0 Å². The molecule has 0 amide bonds. The molecule has 0 aliphatic heterocycles. The van der Waals surface area contributed by atoms with Crippen LogP contribution in [-0.2, 0) is 12.6 Å². The van der Waals surface area contributed by atoms with E-state index in [1.54, 1.807) is 24.5 Å². The number of halogens is 3. The maximum absolute atomic E-state index is 12.8. The normalized spacial score (nSPS) is 19.0. The Bertz CT molecular complexity index is 655. The van der Waals surface area contributed by atoms with Gasteiger partial charge >= 0.3 is 6.18 Å². The highest BCUT2D eigenvalue weighted by Gasteiger charge is 2.33. The van der Waals surface area contributed by atoms with Crippen molar-refractivity contribution in [2.45, 2.75) is 38.0 Å². The number of nitrogens with zero attached hydrogens (tertiary/aromatic N) is 2. The summed E-state index contributed by atoms with van der Waals surface area (Å²) in [6.07, 6.45) is 0.510. The van der Waals surface area contributed by atoms with Crippen molar-refractivity contribution in [3.63, 3.8) is 0 Å². The van der Waals surface area contributed by atoms with Crippen LogP contribution in [0.4, 0.5) is 13.2 Å². The molecule has 1 N–H and O–H groups in total. The Morgan fingerprint density at radius 3 is 2.64 bits per heavy atom. The van der Waals surface area contributed by atoms with E-state index in [4.69, 9.17) is 0 Å². The fourth-order valence-electron chi connectivity index (χ4n) is 2.88. The highest BCUT2D eigenvalue weighted by atomic mass is 19.4. The van der Waals surface area contributed by atoms with Gasteiger partial charge in [-0.05, 0) is 49.1 Å². The number of nitrogens with one attached hydrogen (secondary N) is 1. The van der Waals surface area contributed by atoms with Crippen LogP contribution < -0.4 is 5.32 Å². The second kappa shape index (κ2) is 5.68. The molecule has 0 bridgehead atoms. The van der Waals surface area contributed by atoms with Crippen molar-refractivity contribution in [2.24, 2.45) is 0 Å². The van der Waals surface area contributed by atoms with Crippen LogP contribution in [0.15, 0.2) is 36.7 Å². The van der Waals surface area contributed by atoms with Gasteiger partial charge in [0.05, 0.1) is 11.6 Å². The molecular formula is C16H16F3N3. The largest absolute Gasteiger partial charge is 0.416 e. The summed E-state index contributed by atoms with van der Waals surface area (Å²) < 4.78 is 38.3. The predicted molar refractivity (Wildman–Crippen MR) is 76.1 cm³/mol. The quantitative estimate of drug-likeness (QED) is 0.936. The molecule has 0 saturated carbocycles. The SMILES string of the molecule is C[C@@H](N[C@@H]1CCc2cc(C(F)(F)F)ccc21)c1ncccn1. The van der Waals surface area contributed by atoms with Gasteiger partial charge in [0.2, 0.25) is 0 Å². The van der Waals surface area contributed by atoms with Gasteiger partial charge < -0.3 is 5.32 Å². The fourth-order valence-corrected chi connectivity index (χ4v) is 2.88. The summed E-state index contributed by atoms with van der Waals surface area (Å²) in [5, 5.41) is 3.40. The molecule has 1 aliphatic rings. The highest BCUT2D eigenvalue weighted by molar-refractivity contribution is 5.39. The Morgan fingerprint density at radius 2 is 1.95 bits per heavy atom. The van der Waals surface area contributed by atoms with Crippen molar-refractivity contribution in [1.82, 2.24) is 15.3 Å². The molecule has 0 fully saturated rings. The zero-order valence-corrected chi connectivity index (χ0v) is 12.1. The standard InChI is InChI=1S/C16H16F3N3/c1-10(15-20-7-2-8-21-15)22-14-6-3-11-9-12(16(17,18)19)4-5-13(11)14/h2,4-5,7-10,14,22H,3,6H2,1H3/t10-,14-/m1/s1. The minimum atomic E-state index is -4.29. The van der Waals surface area contributed by atoms with Crippen molar-refractivity contribution in [3.8, 4) is 0 Å². The Labute approximate surface area is 126 Å². The lowest BCUT2D eigenvalue weighted by Gasteiger charge is -2.19. The summed E-state index contributed by atoms with van der Waals surface area (Å²) in [6, 6.07) is 5.74. The maximum atomic E-state index is 12.8. The van der Waals surface area contributed by atoms with E-state index in [0.717, 1.165) is 23.6 Å². The molecular weight excluding hydrogens is 291 g/mol. The Balaban J connectivity index is 1.77. The van der Waals surface area contributed by atoms with E-state index in [0.29, 0.717) is 12.2 Å². The summed E-state index contributed by atoms with van der Waals surface area (Å²) in [7, 11) is 0. The minimum Gasteiger partial charge on any atom is -0.301 e. The van der Waals surface area contributed by atoms with Crippen LogP contribution in [0, 0.1) is 0 Å². The first-order valence-electron chi connectivity index (χ1n) is 7.18. The number of hydrogen-bond acceptors (Lipinski definition) is 3. The Hall–Kier alpha value is -1.95. The zero-order valence-electron chi connectivity index (χ0n) is 12.1. The first-order valence-corrected chi connectivity index (χ1v) is 7.18. The van der Waals surface area contributed by atoms with Gasteiger partial charge in [-0.15, -0.1) is 0 Å². The van der Waals surface area contributed by atoms with Crippen LogP contribution in [0.25, 0.3) is 0 Å². The van der Waals surface area contributed by atoms with Gasteiger partial charge in [-0.2, -0.15) is 13.2 Å². The lowest BCUT2D eigenvalue weighted by atomic mass is 10.0. The summed E-state index contributed by atoms with van der Waals surface area (Å²) >= 11 is 0. The summed E-state index contributed by atoms with van der Waals surface area (Å²) in [5.41, 5.74) is 1.13. The van der Waals surface area contributed by atoms with E-state index in [-0.39, 0.29) is 12.1 Å². The van der Waals surface area contributed by atoms with E-state index in [1.165, 1.54) is 6.07 Å².